The molecule has 2 atom stereocenters. The number of nitrogens with one attached hydrogen (secondary N) is 2. The minimum atomic E-state index is -4.34. The molecule has 0 radical (unpaired) electrons. The maximum atomic E-state index is 13.4. The van der Waals surface area contributed by atoms with Gasteiger partial charge in [0.2, 0.25) is 0 Å². The molecule has 5 rings (SSSR count). The highest BCUT2D eigenvalue weighted by atomic mass is 32.2. The lowest BCUT2D eigenvalue weighted by Crippen LogP contribution is -2.39. The molecule has 0 bridgehead atoms. The summed E-state index contributed by atoms with van der Waals surface area (Å²) >= 11 is 1.03. The molecule has 3 aliphatic rings. The van der Waals surface area contributed by atoms with Gasteiger partial charge in [-0.15, -0.1) is 15.7 Å². The molecule has 3 N–H and O–H groups in total. The van der Waals surface area contributed by atoms with E-state index >= 15 is 0 Å². The number of hydrogen-bond donors (Lipinski definition) is 3. The van der Waals surface area contributed by atoms with Gasteiger partial charge in [0.15, 0.2) is 5.84 Å². The molecular formula is C25H33N5O7S3. The van der Waals surface area contributed by atoms with E-state index in [1.54, 1.807) is 18.4 Å². The van der Waals surface area contributed by atoms with Crippen LogP contribution in [0.3, 0.4) is 0 Å². The first-order valence-corrected chi connectivity index (χ1v) is 16.9. The first kappa shape index (κ1) is 28.9. The number of pyridine rings is 1. The van der Waals surface area contributed by atoms with Gasteiger partial charge in [-0.25, -0.2) is 0 Å². The first-order valence-electron chi connectivity index (χ1n) is 13.1. The van der Waals surface area contributed by atoms with Crippen molar-refractivity contribution in [1.82, 2.24) is 13.6 Å². The van der Waals surface area contributed by atoms with Crippen LogP contribution in [0.5, 0.6) is 5.75 Å². The minimum Gasteiger partial charge on any atom is -0.507 e. The summed E-state index contributed by atoms with van der Waals surface area (Å²) in [7, 11) is -8.32. The molecule has 40 heavy (non-hydrogen) atoms. The maximum absolute atomic E-state index is 13.4. The summed E-state index contributed by atoms with van der Waals surface area (Å²) < 4.78 is 61.5. The highest BCUT2D eigenvalue weighted by Crippen LogP contribution is 2.38. The third kappa shape index (κ3) is 5.24. The Hall–Kier alpha value is -2.59. The molecule has 1 saturated heterocycles. The molecule has 0 spiro atoms. The predicted octanol–water partition coefficient (Wildman–Crippen LogP) is 2.08. The van der Waals surface area contributed by atoms with Crippen LogP contribution in [0.2, 0.25) is 0 Å². The lowest BCUT2D eigenvalue weighted by Gasteiger charge is -2.21. The van der Waals surface area contributed by atoms with Crippen molar-refractivity contribution < 1.29 is 26.7 Å². The fourth-order valence-electron chi connectivity index (χ4n) is 5.34. The van der Waals surface area contributed by atoms with Gasteiger partial charge in [-0.2, -0.15) is 25.9 Å². The number of Topliss-reactive ketones (excluding diaryl/α,β-unsaturated/α-hetero) is 1. The molecule has 218 valence electrons. The second-order valence-corrected chi connectivity index (χ2v) is 15.1. The lowest BCUT2D eigenvalue weighted by molar-refractivity contribution is -0.121. The average molecular weight is 612 g/mol. The number of sulfonamides is 1. The number of carbonyl (C=O) groups is 1. The van der Waals surface area contributed by atoms with Gasteiger partial charge in [-0.3, -0.25) is 9.59 Å². The number of amidine groups is 1. The largest absolute Gasteiger partial charge is 0.507 e. The molecule has 4 heterocycles. The number of hydrogen-bond acceptors (Lipinski definition) is 9. The monoisotopic (exact) mass is 611 g/mol. The zero-order valence-corrected chi connectivity index (χ0v) is 25.2. The molecule has 12 nitrogen and oxygen atoms in total. The second kappa shape index (κ2) is 10.4. The fourth-order valence-corrected chi connectivity index (χ4v) is 9.25. The maximum Gasteiger partial charge on any atom is 0.287 e. The summed E-state index contributed by atoms with van der Waals surface area (Å²) in [5.41, 5.74) is 0.522. The van der Waals surface area contributed by atoms with Crippen molar-refractivity contribution in [1.29, 1.82) is 0 Å². The molecule has 2 fully saturated rings. The first-order chi connectivity index (χ1) is 18.7. The Morgan fingerprint density at radius 1 is 1.27 bits per heavy atom. The van der Waals surface area contributed by atoms with Gasteiger partial charge in [0.05, 0.1) is 0 Å². The number of anilines is 1. The number of nitrogens with zero attached hydrogens (tertiary/aromatic N) is 3. The zero-order valence-electron chi connectivity index (χ0n) is 22.7. The standard InChI is InChI=1S/C25H33N5O7S3/c1-13-10-29(11-19(13)16(4)31)40(36,37)26-9-18-12-38-24-22(18)39(34,35)28-23(27-24)20-21(32)14(2)15(3)30(25(20)33)8-7-17-5-6-17/h12-13,17,19,26,32H,5-11H2,1-4H3,(H,27,28). The second-order valence-electron chi connectivity index (χ2n) is 10.9. The van der Waals surface area contributed by atoms with Gasteiger partial charge in [-0.1, -0.05) is 19.8 Å². The van der Waals surface area contributed by atoms with Gasteiger partial charge < -0.3 is 15.0 Å². The van der Waals surface area contributed by atoms with Gasteiger partial charge in [0, 0.05) is 48.9 Å². The zero-order chi connectivity index (χ0) is 29.1. The average Bonchev–Trinajstić information content (AvgIpc) is 3.45. The number of carbonyl (C=O) groups excluding carboxylic acids is 1. The summed E-state index contributed by atoms with van der Waals surface area (Å²) in [6.45, 7) is 7.08. The van der Waals surface area contributed by atoms with E-state index < -0.39 is 25.8 Å². The molecule has 2 aromatic rings. The normalized spacial score (nSPS) is 22.6. The van der Waals surface area contributed by atoms with E-state index in [4.69, 9.17) is 0 Å². The molecule has 2 aromatic heterocycles. The van der Waals surface area contributed by atoms with E-state index in [1.165, 1.54) is 16.6 Å². The van der Waals surface area contributed by atoms with Crippen LogP contribution in [0.4, 0.5) is 5.00 Å². The number of aromatic nitrogens is 1. The van der Waals surface area contributed by atoms with Crippen LogP contribution in [0.15, 0.2) is 19.5 Å². The molecule has 1 saturated carbocycles. The molecule has 15 heteroatoms. The smallest absolute Gasteiger partial charge is 0.287 e. The molecule has 1 aliphatic carbocycles. The summed E-state index contributed by atoms with van der Waals surface area (Å²) in [6.07, 6.45) is 3.07. The van der Waals surface area contributed by atoms with Crippen LogP contribution in [0, 0.1) is 31.6 Å². The van der Waals surface area contributed by atoms with Crippen LogP contribution < -0.4 is 15.6 Å². The van der Waals surface area contributed by atoms with Gasteiger partial charge in [0.25, 0.3) is 25.8 Å². The molecule has 2 unspecified atom stereocenters. The summed E-state index contributed by atoms with van der Waals surface area (Å²) in [5, 5.41) is 15.4. The van der Waals surface area contributed by atoms with Crippen LogP contribution in [0.25, 0.3) is 0 Å². The number of rotatable bonds is 9. The summed E-state index contributed by atoms with van der Waals surface area (Å²) in [6, 6.07) is 0. The molecule has 0 aromatic carbocycles. The molecule has 0 amide bonds. The fraction of sp³-hybridized carbons (Fsp3) is 0.560. The lowest BCUT2D eigenvalue weighted by atomic mass is 9.95. The van der Waals surface area contributed by atoms with E-state index in [0.29, 0.717) is 23.7 Å². The van der Waals surface area contributed by atoms with E-state index in [0.717, 1.165) is 30.6 Å². The van der Waals surface area contributed by atoms with E-state index in [9.17, 15) is 31.5 Å². The Morgan fingerprint density at radius 3 is 2.60 bits per heavy atom. The van der Waals surface area contributed by atoms with E-state index in [2.05, 4.69) is 14.4 Å². The highest BCUT2D eigenvalue weighted by Gasteiger charge is 2.39. The number of ketones is 1. The van der Waals surface area contributed by atoms with E-state index in [-0.39, 0.29) is 69.9 Å². The van der Waals surface area contributed by atoms with Gasteiger partial charge in [0.1, 0.15) is 27.0 Å². The third-order valence-corrected chi connectivity index (χ3v) is 12.1. The van der Waals surface area contributed by atoms with Crippen molar-refractivity contribution in [2.24, 2.45) is 22.2 Å². The van der Waals surface area contributed by atoms with Crippen molar-refractivity contribution in [3.8, 4) is 5.75 Å². The van der Waals surface area contributed by atoms with Crippen molar-refractivity contribution in [3.63, 3.8) is 0 Å². The van der Waals surface area contributed by atoms with Crippen LogP contribution in [-0.2, 0) is 38.1 Å². The minimum absolute atomic E-state index is 0.0682. The topological polar surface area (TPSA) is 167 Å². The van der Waals surface area contributed by atoms with Gasteiger partial charge >= 0.3 is 0 Å². The van der Waals surface area contributed by atoms with Crippen LogP contribution in [-0.4, -0.2) is 55.5 Å². The number of aromatic hydroxyl groups is 1. The molecule has 2 aliphatic heterocycles. The van der Waals surface area contributed by atoms with Gasteiger partial charge in [-0.05, 0) is 44.4 Å². The quantitative estimate of drug-likeness (QED) is 0.387. The SMILES string of the molecule is CC(=O)C1CN(S(=O)(=O)NCc2csc3c2S(=O)(=O)N=C(c2c(O)c(C)c(C)n(CCC4CC4)c2=O)N3)CC1C. The van der Waals surface area contributed by atoms with Crippen LogP contribution in [0.1, 0.15) is 55.5 Å². The Labute approximate surface area is 237 Å². The van der Waals surface area contributed by atoms with Crippen molar-refractivity contribution >= 4 is 48.2 Å². The Kier molecular flexibility index (Phi) is 7.48. The summed E-state index contributed by atoms with van der Waals surface area (Å²) in [5.74, 6) is -0.615. The Bertz CT molecular complexity index is 1690. The van der Waals surface area contributed by atoms with E-state index in [1.807, 2.05) is 6.92 Å². The Morgan fingerprint density at radius 2 is 1.98 bits per heavy atom. The van der Waals surface area contributed by atoms with Crippen LogP contribution >= 0.6 is 11.3 Å². The predicted molar refractivity (Wildman–Crippen MR) is 152 cm³/mol. The van der Waals surface area contributed by atoms with Crippen molar-refractivity contribution in [2.75, 3.05) is 18.4 Å². The number of fused-ring (bicyclic) bond motifs is 1. The highest BCUT2D eigenvalue weighted by molar-refractivity contribution is 7.91. The van der Waals surface area contributed by atoms with Crippen molar-refractivity contribution in [3.05, 3.63) is 38.1 Å². The molecular weight excluding hydrogens is 579 g/mol. The number of thiophene rings is 1. The summed E-state index contributed by atoms with van der Waals surface area (Å²) in [4.78, 5) is 25.1. The Balaban J connectivity index is 1.41. The third-order valence-electron chi connectivity index (χ3n) is 8.10. The van der Waals surface area contributed by atoms with Crippen molar-refractivity contribution in [2.45, 2.75) is 64.9 Å².